The van der Waals surface area contributed by atoms with E-state index in [1.807, 2.05) is 0 Å². The van der Waals surface area contributed by atoms with Crippen molar-refractivity contribution in [3.63, 3.8) is 0 Å². The van der Waals surface area contributed by atoms with Crippen LogP contribution in [0.15, 0.2) is 0 Å². The summed E-state index contributed by atoms with van der Waals surface area (Å²) in [6.07, 6.45) is 0.301. The third kappa shape index (κ3) is 2.20. The molecule has 0 radical (unpaired) electrons. The summed E-state index contributed by atoms with van der Waals surface area (Å²) in [4.78, 5) is 0. The van der Waals surface area contributed by atoms with E-state index in [0.29, 0.717) is 6.29 Å². The summed E-state index contributed by atoms with van der Waals surface area (Å²) in [5, 5.41) is 0. The van der Waals surface area contributed by atoms with Crippen LogP contribution in [0.5, 0.6) is 0 Å². The lowest BCUT2D eigenvalue weighted by Gasteiger charge is -2.13. The monoisotopic (exact) mass is 155 g/mol. The van der Waals surface area contributed by atoms with Gasteiger partial charge in [-0.05, 0) is 11.8 Å². The molecule has 0 aliphatic heterocycles. The second-order valence-electron chi connectivity index (χ2n) is 1.16. The van der Waals surface area contributed by atoms with E-state index in [0.717, 1.165) is 0 Å². The summed E-state index contributed by atoms with van der Waals surface area (Å²) in [6.45, 7) is -2.05. The Balaban J connectivity index is 3.79. The first-order valence-electron chi connectivity index (χ1n) is 2.09. The molecule has 50 valence electrons. The molecule has 0 bridgehead atoms. The third-order valence-corrected chi connectivity index (χ3v) is 3.68. The Morgan fingerprint density at radius 1 is 1.50 bits per heavy atom. The van der Waals surface area contributed by atoms with Crippen molar-refractivity contribution >= 4 is 18.3 Å². The molecular weight excluding hydrogens is 145 g/mol. The first kappa shape index (κ1) is 8.53. The van der Waals surface area contributed by atoms with Crippen molar-refractivity contribution in [2.45, 2.75) is 0 Å². The van der Waals surface area contributed by atoms with Gasteiger partial charge in [-0.15, -0.1) is 0 Å². The largest absolute Gasteiger partial charge is 0.332 e. The lowest BCUT2D eigenvalue weighted by atomic mass is 11.6. The molecular formula is C3H10NO2PS. The van der Waals surface area contributed by atoms with Crippen LogP contribution in [0.4, 0.5) is 0 Å². The summed E-state index contributed by atoms with van der Waals surface area (Å²) >= 11 is 4.85. The zero-order chi connectivity index (χ0) is 6.62. The van der Waals surface area contributed by atoms with Crippen LogP contribution in [0.3, 0.4) is 0 Å². The van der Waals surface area contributed by atoms with Crippen molar-refractivity contribution in [3.05, 3.63) is 0 Å². The molecule has 0 rings (SSSR count). The highest BCUT2D eigenvalue weighted by Gasteiger charge is 2.09. The van der Waals surface area contributed by atoms with E-state index in [1.54, 1.807) is 0 Å². The highest BCUT2D eigenvalue weighted by atomic mass is 32.5. The van der Waals surface area contributed by atoms with Crippen LogP contribution in [-0.2, 0) is 20.9 Å². The zero-order valence-corrected chi connectivity index (χ0v) is 6.67. The van der Waals surface area contributed by atoms with Crippen LogP contribution in [0.2, 0.25) is 0 Å². The third-order valence-electron chi connectivity index (χ3n) is 0.780. The molecule has 0 heterocycles. The average Bonchev–Trinajstić information content (AvgIpc) is 1.87. The molecule has 0 aromatic heterocycles. The molecule has 0 saturated carbocycles. The van der Waals surface area contributed by atoms with E-state index >= 15 is 0 Å². The Hall–Kier alpha value is 0.530. The summed E-state index contributed by atoms with van der Waals surface area (Å²) in [5.41, 5.74) is 5.22. The van der Waals surface area contributed by atoms with E-state index in [2.05, 4.69) is 0 Å². The highest BCUT2D eigenvalue weighted by Crippen LogP contribution is 2.44. The molecule has 3 nitrogen and oxygen atoms in total. The molecule has 0 saturated heterocycles. The minimum Gasteiger partial charge on any atom is -0.332 e. The van der Waals surface area contributed by atoms with Gasteiger partial charge < -0.3 is 14.8 Å². The van der Waals surface area contributed by atoms with E-state index in [9.17, 15) is 0 Å². The fourth-order valence-electron chi connectivity index (χ4n) is 0.224. The fourth-order valence-corrected chi connectivity index (χ4v) is 0.671. The Labute approximate surface area is 54.3 Å². The molecule has 0 aliphatic rings. The Kier molecular flexibility index (Phi) is 3.77. The Morgan fingerprint density at radius 3 is 1.88 bits per heavy atom. The summed E-state index contributed by atoms with van der Waals surface area (Å²) < 4.78 is 9.63. The van der Waals surface area contributed by atoms with Crippen molar-refractivity contribution in [2.24, 2.45) is 5.73 Å². The van der Waals surface area contributed by atoms with Gasteiger partial charge in [0, 0.05) is 14.2 Å². The van der Waals surface area contributed by atoms with Gasteiger partial charge in [0.2, 0.25) is 6.49 Å². The summed E-state index contributed by atoms with van der Waals surface area (Å²) in [5.74, 6) is 0. The van der Waals surface area contributed by atoms with Gasteiger partial charge in [0.05, 0.1) is 6.29 Å². The van der Waals surface area contributed by atoms with Gasteiger partial charge in [-0.1, -0.05) is 0 Å². The van der Waals surface area contributed by atoms with Gasteiger partial charge in [-0.25, -0.2) is 0 Å². The predicted molar refractivity (Wildman–Crippen MR) is 37.4 cm³/mol. The summed E-state index contributed by atoms with van der Waals surface area (Å²) in [6, 6.07) is 0. The Morgan fingerprint density at radius 2 is 1.88 bits per heavy atom. The predicted octanol–water partition coefficient (Wildman–Crippen LogP) is 0.505. The molecule has 0 atom stereocenters. The number of nitrogens with two attached hydrogens (primary N) is 1. The van der Waals surface area contributed by atoms with Crippen molar-refractivity contribution in [2.75, 3.05) is 20.5 Å². The standard InChI is InChI=1S/C3H10NO2PS/c1-5-7(8,3-4)6-2/h3-4H2,1-2H3. The van der Waals surface area contributed by atoms with Crippen molar-refractivity contribution < 1.29 is 9.05 Å². The van der Waals surface area contributed by atoms with E-state index in [1.165, 1.54) is 14.2 Å². The van der Waals surface area contributed by atoms with E-state index < -0.39 is 6.49 Å². The molecule has 0 fully saturated rings. The first-order valence-corrected chi connectivity index (χ1v) is 4.91. The molecule has 8 heavy (non-hydrogen) atoms. The highest BCUT2D eigenvalue weighted by molar-refractivity contribution is 8.09. The second kappa shape index (κ2) is 3.54. The molecule has 0 aliphatic carbocycles. The van der Waals surface area contributed by atoms with Crippen molar-refractivity contribution in [3.8, 4) is 0 Å². The Bertz CT molecular complexity index is 88.4. The van der Waals surface area contributed by atoms with E-state index in [-0.39, 0.29) is 0 Å². The van der Waals surface area contributed by atoms with Gasteiger partial charge in [0.1, 0.15) is 0 Å². The van der Waals surface area contributed by atoms with Crippen LogP contribution in [0.25, 0.3) is 0 Å². The van der Waals surface area contributed by atoms with Gasteiger partial charge in [-0.2, -0.15) is 0 Å². The van der Waals surface area contributed by atoms with Crippen molar-refractivity contribution in [1.82, 2.24) is 0 Å². The van der Waals surface area contributed by atoms with Gasteiger partial charge in [0.25, 0.3) is 0 Å². The van der Waals surface area contributed by atoms with Crippen LogP contribution in [0, 0.1) is 0 Å². The summed E-state index contributed by atoms with van der Waals surface area (Å²) in [7, 11) is 3.02. The lowest BCUT2D eigenvalue weighted by Crippen LogP contribution is -2.02. The normalized spacial score (nSPS) is 11.9. The minimum absolute atomic E-state index is 0.301. The lowest BCUT2D eigenvalue weighted by molar-refractivity contribution is 0.338. The molecule has 2 N–H and O–H groups in total. The number of hydrogen-bond donors (Lipinski definition) is 1. The molecule has 0 aromatic carbocycles. The van der Waals surface area contributed by atoms with E-state index in [4.69, 9.17) is 26.6 Å². The molecule has 5 heteroatoms. The van der Waals surface area contributed by atoms with Crippen molar-refractivity contribution in [1.29, 1.82) is 0 Å². The SMILES string of the molecule is COP(=S)(CN)OC. The maximum atomic E-state index is 5.22. The fraction of sp³-hybridized carbons (Fsp3) is 1.00. The number of hydrogen-bond acceptors (Lipinski definition) is 4. The topological polar surface area (TPSA) is 44.5 Å². The maximum Gasteiger partial charge on any atom is 0.201 e. The maximum absolute atomic E-state index is 5.22. The van der Waals surface area contributed by atoms with Crippen LogP contribution in [-0.4, -0.2) is 20.5 Å². The van der Waals surface area contributed by atoms with Crippen LogP contribution in [0.1, 0.15) is 0 Å². The van der Waals surface area contributed by atoms with Gasteiger partial charge in [-0.3, -0.25) is 0 Å². The first-order chi connectivity index (χ1) is 3.68. The molecule has 0 aromatic rings. The van der Waals surface area contributed by atoms with Crippen LogP contribution >= 0.6 is 6.49 Å². The average molecular weight is 155 g/mol. The molecule has 0 amide bonds. The zero-order valence-electron chi connectivity index (χ0n) is 4.96. The minimum atomic E-state index is -2.05. The number of rotatable bonds is 3. The van der Waals surface area contributed by atoms with Gasteiger partial charge in [0.15, 0.2) is 0 Å². The molecule has 0 spiro atoms. The van der Waals surface area contributed by atoms with Crippen LogP contribution < -0.4 is 5.73 Å². The van der Waals surface area contributed by atoms with Gasteiger partial charge >= 0.3 is 0 Å². The smallest absolute Gasteiger partial charge is 0.201 e. The molecule has 0 unspecified atom stereocenters. The quantitative estimate of drug-likeness (QED) is 0.603. The second-order valence-corrected chi connectivity index (χ2v) is 5.14.